The van der Waals surface area contributed by atoms with E-state index in [1.54, 1.807) is 0 Å². The highest BCUT2D eigenvalue weighted by Gasteiger charge is 2.30. The van der Waals surface area contributed by atoms with Crippen LogP contribution in [0.15, 0.2) is 0 Å². The highest BCUT2D eigenvalue weighted by Crippen LogP contribution is 2.45. The van der Waals surface area contributed by atoms with Gasteiger partial charge in [0.25, 0.3) is 0 Å². The van der Waals surface area contributed by atoms with Crippen LogP contribution >= 0.6 is 15.6 Å². The number of rotatable bonds is 60. The molecule has 0 saturated heterocycles. The van der Waals surface area contributed by atoms with Gasteiger partial charge in [0, 0.05) is 25.7 Å². The van der Waals surface area contributed by atoms with Crippen molar-refractivity contribution in [3.8, 4) is 0 Å². The predicted molar refractivity (Wildman–Crippen MR) is 321 cm³/mol. The maximum atomic E-state index is 13.0. The number of phosphoric ester groups is 2. The SMILES string of the molecule is CCCCCCCCCC(=O)OC[C@H](COP(=O)(O)OC[C@H](O)COP(=O)(O)OC[C@@H](COC(=O)CCCCCCCCCC(C)C)OC(=O)CCCCCCCCCCCCCC(C)C)OC(=O)CCCCCCCCC(C)CC. The second-order valence-corrected chi connectivity index (χ2v) is 26.5. The van der Waals surface area contributed by atoms with Crippen molar-refractivity contribution in [1.82, 2.24) is 0 Å². The number of unbranched alkanes of at least 4 members (excludes halogenated alkanes) is 27. The van der Waals surface area contributed by atoms with Gasteiger partial charge in [0.1, 0.15) is 19.3 Å². The van der Waals surface area contributed by atoms with Gasteiger partial charge in [-0.15, -0.1) is 0 Å². The van der Waals surface area contributed by atoms with E-state index in [2.05, 4.69) is 48.5 Å². The second kappa shape index (κ2) is 53.5. The molecule has 19 heteroatoms. The highest BCUT2D eigenvalue weighted by molar-refractivity contribution is 7.47. The minimum atomic E-state index is -4.94. The Labute approximate surface area is 492 Å². The van der Waals surface area contributed by atoms with Crippen LogP contribution in [0.25, 0.3) is 0 Å². The number of hydrogen-bond acceptors (Lipinski definition) is 15. The van der Waals surface area contributed by atoms with E-state index >= 15 is 0 Å². The summed E-state index contributed by atoms with van der Waals surface area (Å²) >= 11 is 0. The second-order valence-electron chi connectivity index (χ2n) is 23.6. The fourth-order valence-electron chi connectivity index (χ4n) is 9.09. The van der Waals surface area contributed by atoms with E-state index in [9.17, 15) is 43.2 Å². The van der Waals surface area contributed by atoms with E-state index in [4.69, 9.17) is 37.0 Å². The zero-order valence-electron chi connectivity index (χ0n) is 52.2. The largest absolute Gasteiger partial charge is 0.472 e. The fourth-order valence-corrected chi connectivity index (χ4v) is 10.7. The summed E-state index contributed by atoms with van der Waals surface area (Å²) in [6, 6.07) is 0. The summed E-state index contributed by atoms with van der Waals surface area (Å²) in [6.07, 6.45) is 33.7. The van der Waals surface area contributed by atoms with Crippen molar-refractivity contribution < 1.29 is 80.2 Å². The van der Waals surface area contributed by atoms with E-state index in [0.29, 0.717) is 31.6 Å². The molecule has 0 aromatic carbocycles. The first-order chi connectivity index (χ1) is 38.8. The molecule has 480 valence electrons. The molecule has 17 nitrogen and oxygen atoms in total. The third kappa shape index (κ3) is 55.7. The number of esters is 4. The third-order valence-corrected chi connectivity index (χ3v) is 16.4. The van der Waals surface area contributed by atoms with Gasteiger partial charge in [0.15, 0.2) is 12.2 Å². The van der Waals surface area contributed by atoms with Gasteiger partial charge in [-0.1, -0.05) is 248 Å². The molecule has 0 aromatic rings. The number of aliphatic hydroxyl groups excluding tert-OH is 1. The summed E-state index contributed by atoms with van der Waals surface area (Å²) in [7, 11) is -9.88. The molecule has 0 spiro atoms. The molecule has 0 amide bonds. The van der Waals surface area contributed by atoms with E-state index in [0.717, 1.165) is 121 Å². The average Bonchev–Trinajstić information content (AvgIpc) is 3.42. The van der Waals surface area contributed by atoms with Crippen molar-refractivity contribution in [2.75, 3.05) is 39.6 Å². The Hall–Kier alpha value is -1.94. The van der Waals surface area contributed by atoms with E-state index < -0.39 is 97.5 Å². The average molecular weight is 1200 g/mol. The molecule has 0 saturated carbocycles. The minimum absolute atomic E-state index is 0.102. The number of carbonyl (C=O) groups excluding carboxylic acids is 4. The maximum absolute atomic E-state index is 13.0. The molecule has 0 radical (unpaired) electrons. The van der Waals surface area contributed by atoms with Crippen molar-refractivity contribution in [2.24, 2.45) is 17.8 Å². The summed E-state index contributed by atoms with van der Waals surface area (Å²) in [6.45, 7) is 11.6. The lowest BCUT2D eigenvalue weighted by molar-refractivity contribution is -0.161. The molecule has 0 bridgehead atoms. The molecule has 3 N–H and O–H groups in total. The standard InChI is InChI=1S/C62H120O17P2/c1-8-10-11-12-19-29-36-43-59(64)72-49-58(79-62(67)46-39-32-25-24-28-35-42-55(7)9-2)52-77-81(70,71)75-48-56(63)47-74-80(68,69)76-51-57(50-73-60(65)44-37-30-23-18-21-27-34-41-54(5)6)78-61(66)45-38-31-22-17-15-13-14-16-20-26-33-40-53(3)4/h53-58,63H,8-52H2,1-7H3,(H,68,69)(H,70,71)/t55?,56-,57-,58-/m1/s1. The van der Waals surface area contributed by atoms with E-state index in [-0.39, 0.29) is 25.7 Å². The van der Waals surface area contributed by atoms with Crippen molar-refractivity contribution in [2.45, 2.75) is 317 Å². The number of ether oxygens (including phenoxy) is 4. The molecule has 0 fully saturated rings. The van der Waals surface area contributed by atoms with Crippen molar-refractivity contribution in [3.63, 3.8) is 0 Å². The molecule has 0 aliphatic heterocycles. The van der Waals surface area contributed by atoms with Crippen LogP contribution < -0.4 is 0 Å². The zero-order valence-corrected chi connectivity index (χ0v) is 54.0. The summed E-state index contributed by atoms with van der Waals surface area (Å²) in [5, 5.41) is 10.5. The Morgan fingerprint density at radius 3 is 0.938 bits per heavy atom. The van der Waals surface area contributed by atoms with Gasteiger partial charge in [0.05, 0.1) is 26.4 Å². The van der Waals surface area contributed by atoms with Crippen molar-refractivity contribution >= 4 is 39.5 Å². The zero-order chi connectivity index (χ0) is 60.3. The lowest BCUT2D eigenvalue weighted by atomic mass is 10.00. The van der Waals surface area contributed by atoms with Crippen LogP contribution in [0.2, 0.25) is 0 Å². The summed E-state index contributed by atoms with van der Waals surface area (Å²) in [4.78, 5) is 72.0. The molecule has 0 heterocycles. The molecule has 3 unspecified atom stereocenters. The summed E-state index contributed by atoms with van der Waals surface area (Å²) < 4.78 is 67.8. The van der Waals surface area contributed by atoms with Gasteiger partial charge < -0.3 is 33.8 Å². The molecular weight excluding hydrogens is 1080 g/mol. The lowest BCUT2D eigenvalue weighted by Crippen LogP contribution is -2.30. The third-order valence-electron chi connectivity index (χ3n) is 14.5. The van der Waals surface area contributed by atoms with Crippen LogP contribution in [0.4, 0.5) is 0 Å². The molecule has 0 rings (SSSR count). The first-order valence-electron chi connectivity index (χ1n) is 32.4. The van der Waals surface area contributed by atoms with E-state index in [1.165, 1.54) is 89.9 Å². The van der Waals surface area contributed by atoms with Crippen LogP contribution in [0.1, 0.15) is 299 Å². The van der Waals surface area contributed by atoms with Crippen LogP contribution in [-0.4, -0.2) is 96.7 Å². The molecule has 0 aliphatic rings. The Morgan fingerprint density at radius 2 is 0.630 bits per heavy atom. The molecule has 81 heavy (non-hydrogen) atoms. The van der Waals surface area contributed by atoms with Gasteiger partial charge in [-0.2, -0.15) is 0 Å². The fraction of sp³-hybridized carbons (Fsp3) is 0.935. The Balaban J connectivity index is 5.22. The monoisotopic (exact) mass is 1200 g/mol. The number of hydrogen-bond donors (Lipinski definition) is 3. The molecule has 0 aromatic heterocycles. The topological polar surface area (TPSA) is 237 Å². The number of carbonyl (C=O) groups is 4. The van der Waals surface area contributed by atoms with Crippen molar-refractivity contribution in [1.29, 1.82) is 0 Å². The normalized spacial score (nSPS) is 14.8. The quantitative estimate of drug-likeness (QED) is 0.0222. The Kier molecular flexibility index (Phi) is 52.2. The van der Waals surface area contributed by atoms with Gasteiger partial charge in [0.2, 0.25) is 0 Å². The van der Waals surface area contributed by atoms with Gasteiger partial charge in [-0.05, 0) is 43.4 Å². The first kappa shape index (κ1) is 79.1. The highest BCUT2D eigenvalue weighted by atomic mass is 31.2. The Morgan fingerprint density at radius 1 is 0.358 bits per heavy atom. The van der Waals surface area contributed by atoms with Crippen LogP contribution in [-0.2, 0) is 65.4 Å². The van der Waals surface area contributed by atoms with Gasteiger partial charge in [-0.3, -0.25) is 37.3 Å². The summed E-state index contributed by atoms with van der Waals surface area (Å²) in [5.41, 5.74) is 0. The van der Waals surface area contributed by atoms with Crippen LogP contribution in [0.5, 0.6) is 0 Å². The number of aliphatic hydroxyl groups is 1. The molecular formula is C62H120O17P2. The van der Waals surface area contributed by atoms with Gasteiger partial charge in [-0.25, -0.2) is 9.13 Å². The van der Waals surface area contributed by atoms with Crippen molar-refractivity contribution in [3.05, 3.63) is 0 Å². The number of phosphoric acid groups is 2. The first-order valence-corrected chi connectivity index (χ1v) is 35.4. The lowest BCUT2D eigenvalue weighted by Gasteiger charge is -2.21. The smallest absolute Gasteiger partial charge is 0.462 e. The van der Waals surface area contributed by atoms with Crippen LogP contribution in [0, 0.1) is 17.8 Å². The van der Waals surface area contributed by atoms with Crippen LogP contribution in [0.3, 0.4) is 0 Å². The molecule has 0 aliphatic carbocycles. The van der Waals surface area contributed by atoms with Gasteiger partial charge >= 0.3 is 39.5 Å². The predicted octanol–water partition coefficient (Wildman–Crippen LogP) is 16.7. The Bertz CT molecular complexity index is 1620. The molecule has 6 atom stereocenters. The summed E-state index contributed by atoms with van der Waals surface area (Å²) in [5.74, 6) is 0.0451. The van der Waals surface area contributed by atoms with E-state index in [1.807, 2.05) is 0 Å². The maximum Gasteiger partial charge on any atom is 0.472 e. The minimum Gasteiger partial charge on any atom is -0.462 e.